The van der Waals surface area contributed by atoms with Crippen LogP contribution < -0.4 is 4.90 Å². The molecule has 1 N–H and O–H groups in total. The van der Waals surface area contributed by atoms with E-state index in [-0.39, 0.29) is 11.7 Å². The Bertz CT molecular complexity index is 515. The van der Waals surface area contributed by atoms with Gasteiger partial charge in [-0.3, -0.25) is 9.59 Å². The van der Waals surface area contributed by atoms with Gasteiger partial charge in [-0.1, -0.05) is 12.8 Å². The first-order chi connectivity index (χ1) is 10.0. The molecule has 0 spiro atoms. The number of benzene rings is 1. The fourth-order valence-corrected chi connectivity index (χ4v) is 3.01. The number of carboxylic acids is 1. The lowest BCUT2D eigenvalue weighted by Gasteiger charge is -2.32. The van der Waals surface area contributed by atoms with E-state index in [9.17, 15) is 19.1 Å². The number of halogens is 1. The molecular weight excluding hydrogens is 273 g/mol. The minimum Gasteiger partial charge on any atom is -0.481 e. The Hall–Kier alpha value is -1.91. The topological polar surface area (TPSA) is 57.6 Å². The van der Waals surface area contributed by atoms with Gasteiger partial charge in [0.25, 0.3) is 0 Å². The van der Waals surface area contributed by atoms with E-state index in [1.165, 1.54) is 12.1 Å². The number of aliphatic carboxylic acids is 1. The van der Waals surface area contributed by atoms with Crippen LogP contribution in [0.4, 0.5) is 10.1 Å². The van der Waals surface area contributed by atoms with E-state index in [0.29, 0.717) is 25.1 Å². The highest BCUT2D eigenvalue weighted by Crippen LogP contribution is 2.33. The average molecular weight is 293 g/mol. The van der Waals surface area contributed by atoms with Crippen molar-refractivity contribution in [3.8, 4) is 0 Å². The number of hydrogen-bond donors (Lipinski definition) is 1. The molecule has 5 heteroatoms. The average Bonchev–Trinajstić information content (AvgIpc) is 2.49. The van der Waals surface area contributed by atoms with Crippen LogP contribution in [-0.4, -0.2) is 23.5 Å². The van der Waals surface area contributed by atoms with Gasteiger partial charge in [0.2, 0.25) is 5.91 Å². The van der Waals surface area contributed by atoms with Crippen LogP contribution in [0.25, 0.3) is 0 Å². The molecule has 1 aliphatic carbocycles. The first-order valence-corrected chi connectivity index (χ1v) is 7.34. The summed E-state index contributed by atoms with van der Waals surface area (Å²) in [5.74, 6) is -2.52. The van der Waals surface area contributed by atoms with E-state index in [2.05, 4.69) is 0 Å². The van der Waals surface area contributed by atoms with Gasteiger partial charge in [0, 0.05) is 12.2 Å². The molecule has 2 atom stereocenters. The molecule has 1 aromatic carbocycles. The van der Waals surface area contributed by atoms with Crippen molar-refractivity contribution in [2.24, 2.45) is 11.8 Å². The number of nitrogens with zero attached hydrogens (tertiary/aromatic N) is 1. The van der Waals surface area contributed by atoms with E-state index in [0.717, 1.165) is 12.8 Å². The van der Waals surface area contributed by atoms with Crippen molar-refractivity contribution in [3.63, 3.8) is 0 Å². The third-order valence-corrected chi connectivity index (χ3v) is 4.12. The molecule has 0 bridgehead atoms. The molecule has 0 saturated heterocycles. The first-order valence-electron chi connectivity index (χ1n) is 7.34. The molecule has 21 heavy (non-hydrogen) atoms. The highest BCUT2D eigenvalue weighted by atomic mass is 19.1. The molecule has 0 radical (unpaired) electrons. The molecule has 1 aromatic rings. The van der Waals surface area contributed by atoms with E-state index in [4.69, 9.17) is 0 Å². The maximum atomic E-state index is 13.0. The minimum absolute atomic E-state index is 0.170. The standard InChI is InChI=1S/C16H20FNO3/c1-2-18(12-9-7-11(17)8-10-12)15(19)13-5-3-4-6-14(13)16(20)21/h7-10,13-14H,2-6H2,1H3,(H,20,21)/t13-,14+/m1/s1. The zero-order valence-electron chi connectivity index (χ0n) is 12.1. The number of carboxylic acid groups (broad SMARTS) is 1. The van der Waals surface area contributed by atoms with E-state index in [1.54, 1.807) is 17.0 Å². The molecule has 2 rings (SSSR count). The van der Waals surface area contributed by atoms with Gasteiger partial charge in [-0.15, -0.1) is 0 Å². The van der Waals surface area contributed by atoms with Crippen LogP contribution in [0.1, 0.15) is 32.6 Å². The molecule has 1 saturated carbocycles. The number of anilines is 1. The Kier molecular flexibility index (Phi) is 4.94. The van der Waals surface area contributed by atoms with Crippen LogP contribution in [0, 0.1) is 17.7 Å². The van der Waals surface area contributed by atoms with Crippen LogP contribution in [0.2, 0.25) is 0 Å². The molecule has 0 unspecified atom stereocenters. The highest BCUT2D eigenvalue weighted by molar-refractivity contribution is 5.97. The summed E-state index contributed by atoms with van der Waals surface area (Å²) >= 11 is 0. The molecule has 4 nitrogen and oxygen atoms in total. The van der Waals surface area contributed by atoms with Gasteiger partial charge < -0.3 is 10.0 Å². The fourth-order valence-electron chi connectivity index (χ4n) is 3.01. The van der Waals surface area contributed by atoms with E-state index in [1.807, 2.05) is 6.92 Å². The Labute approximate surface area is 123 Å². The second kappa shape index (κ2) is 6.70. The van der Waals surface area contributed by atoms with Crippen molar-refractivity contribution in [3.05, 3.63) is 30.1 Å². The molecule has 1 fully saturated rings. The lowest BCUT2D eigenvalue weighted by molar-refractivity contribution is -0.148. The SMILES string of the molecule is CCN(C(=O)[C@@H]1CCCC[C@@H]1C(=O)O)c1ccc(F)cc1. The van der Waals surface area contributed by atoms with Crippen LogP contribution >= 0.6 is 0 Å². The molecule has 0 heterocycles. The predicted octanol–water partition coefficient (Wildman–Crippen LogP) is 3.07. The smallest absolute Gasteiger partial charge is 0.307 e. The van der Waals surface area contributed by atoms with Crippen molar-refractivity contribution in [2.45, 2.75) is 32.6 Å². The number of amides is 1. The summed E-state index contributed by atoms with van der Waals surface area (Å²) in [5, 5.41) is 9.30. The lowest BCUT2D eigenvalue weighted by atomic mass is 9.78. The number of hydrogen-bond acceptors (Lipinski definition) is 2. The van der Waals surface area contributed by atoms with Gasteiger partial charge >= 0.3 is 5.97 Å². The first kappa shape index (κ1) is 15.5. The zero-order valence-corrected chi connectivity index (χ0v) is 12.1. The van der Waals surface area contributed by atoms with Gasteiger partial charge in [-0.05, 0) is 44.0 Å². The van der Waals surface area contributed by atoms with Gasteiger partial charge in [0.1, 0.15) is 5.82 Å². The van der Waals surface area contributed by atoms with Gasteiger partial charge in [-0.2, -0.15) is 0 Å². The second-order valence-electron chi connectivity index (χ2n) is 5.39. The quantitative estimate of drug-likeness (QED) is 0.928. The summed E-state index contributed by atoms with van der Waals surface area (Å²) in [4.78, 5) is 25.6. The summed E-state index contributed by atoms with van der Waals surface area (Å²) in [7, 11) is 0. The fraction of sp³-hybridized carbons (Fsp3) is 0.500. The van der Waals surface area contributed by atoms with Crippen molar-refractivity contribution < 1.29 is 19.1 Å². The van der Waals surface area contributed by atoms with Crippen LogP contribution in [0.3, 0.4) is 0 Å². The van der Waals surface area contributed by atoms with E-state index < -0.39 is 17.8 Å². The minimum atomic E-state index is -0.900. The molecule has 0 aliphatic heterocycles. The molecular formula is C16H20FNO3. The van der Waals surface area contributed by atoms with Crippen molar-refractivity contribution >= 4 is 17.6 Å². The highest BCUT2D eigenvalue weighted by Gasteiger charge is 2.37. The van der Waals surface area contributed by atoms with Crippen molar-refractivity contribution in [2.75, 3.05) is 11.4 Å². The summed E-state index contributed by atoms with van der Waals surface area (Å²) in [6.07, 6.45) is 2.88. The predicted molar refractivity (Wildman–Crippen MR) is 77.5 cm³/mol. The van der Waals surface area contributed by atoms with Crippen LogP contribution in [0.15, 0.2) is 24.3 Å². The zero-order chi connectivity index (χ0) is 15.4. The Morgan fingerprint density at radius 3 is 2.29 bits per heavy atom. The number of carbonyl (C=O) groups is 2. The third-order valence-electron chi connectivity index (χ3n) is 4.12. The number of rotatable bonds is 4. The maximum absolute atomic E-state index is 13.0. The Morgan fingerprint density at radius 1 is 1.19 bits per heavy atom. The third kappa shape index (κ3) is 3.40. The maximum Gasteiger partial charge on any atom is 0.307 e. The summed E-state index contributed by atoms with van der Waals surface area (Å²) in [5.41, 5.74) is 0.610. The Morgan fingerprint density at radius 2 is 1.76 bits per heavy atom. The summed E-state index contributed by atoms with van der Waals surface area (Å²) < 4.78 is 13.0. The van der Waals surface area contributed by atoms with Gasteiger partial charge in [0.15, 0.2) is 0 Å². The second-order valence-corrected chi connectivity index (χ2v) is 5.39. The molecule has 0 aromatic heterocycles. The Balaban J connectivity index is 2.22. The van der Waals surface area contributed by atoms with Crippen molar-refractivity contribution in [1.29, 1.82) is 0 Å². The lowest BCUT2D eigenvalue weighted by Crippen LogP contribution is -2.42. The van der Waals surface area contributed by atoms with E-state index >= 15 is 0 Å². The van der Waals surface area contributed by atoms with Crippen LogP contribution in [-0.2, 0) is 9.59 Å². The normalized spacial score (nSPS) is 21.8. The van der Waals surface area contributed by atoms with Crippen LogP contribution in [0.5, 0.6) is 0 Å². The largest absolute Gasteiger partial charge is 0.481 e. The van der Waals surface area contributed by atoms with Crippen molar-refractivity contribution in [1.82, 2.24) is 0 Å². The molecule has 1 aliphatic rings. The van der Waals surface area contributed by atoms with Gasteiger partial charge in [0.05, 0.1) is 11.8 Å². The molecule has 114 valence electrons. The molecule has 1 amide bonds. The summed E-state index contributed by atoms with van der Waals surface area (Å²) in [6.45, 7) is 2.27. The monoisotopic (exact) mass is 293 g/mol. The summed E-state index contributed by atoms with van der Waals surface area (Å²) in [6, 6.07) is 5.71. The van der Waals surface area contributed by atoms with Gasteiger partial charge in [-0.25, -0.2) is 4.39 Å². The number of carbonyl (C=O) groups excluding carboxylic acids is 1.